The van der Waals surface area contributed by atoms with E-state index in [9.17, 15) is 4.79 Å². The van der Waals surface area contributed by atoms with E-state index in [0.29, 0.717) is 6.42 Å². The van der Waals surface area contributed by atoms with Gasteiger partial charge in [-0.2, -0.15) is 0 Å². The summed E-state index contributed by atoms with van der Waals surface area (Å²) in [6, 6.07) is 0. The number of rotatable bonds is 4. The SMILES string of the molecule is CCCC(=O)c1sc(NC)nc1C. The molecular weight excluding hydrogens is 184 g/mol. The standard InChI is InChI=1S/C9H14N2OS/c1-4-5-7(12)8-6(2)11-9(10-3)13-8/h4-5H2,1-3H3,(H,10,11). The maximum absolute atomic E-state index is 11.5. The highest BCUT2D eigenvalue weighted by atomic mass is 32.1. The molecule has 72 valence electrons. The summed E-state index contributed by atoms with van der Waals surface area (Å²) in [7, 11) is 1.81. The van der Waals surface area contributed by atoms with Crippen LogP contribution in [0.15, 0.2) is 0 Å². The van der Waals surface area contributed by atoms with E-state index in [2.05, 4.69) is 10.3 Å². The minimum absolute atomic E-state index is 0.207. The monoisotopic (exact) mass is 198 g/mol. The molecule has 1 aromatic heterocycles. The molecule has 0 spiro atoms. The summed E-state index contributed by atoms with van der Waals surface area (Å²) < 4.78 is 0. The Morgan fingerprint density at radius 1 is 1.62 bits per heavy atom. The molecule has 1 aromatic rings. The number of carbonyl (C=O) groups is 1. The van der Waals surface area contributed by atoms with Gasteiger partial charge in [0.25, 0.3) is 0 Å². The third-order valence-electron chi connectivity index (χ3n) is 1.74. The average Bonchev–Trinajstić information content (AvgIpc) is 2.47. The van der Waals surface area contributed by atoms with E-state index in [1.165, 1.54) is 11.3 Å². The molecule has 4 heteroatoms. The maximum Gasteiger partial charge on any atom is 0.183 e. The molecule has 0 aromatic carbocycles. The summed E-state index contributed by atoms with van der Waals surface area (Å²) in [5, 5.41) is 3.76. The van der Waals surface area contributed by atoms with Crippen molar-refractivity contribution in [3.8, 4) is 0 Å². The van der Waals surface area contributed by atoms with Gasteiger partial charge in [-0.15, -0.1) is 0 Å². The van der Waals surface area contributed by atoms with Gasteiger partial charge in [0.1, 0.15) is 0 Å². The Labute approximate surface area is 82.2 Å². The van der Waals surface area contributed by atoms with E-state index in [1.807, 2.05) is 20.9 Å². The third-order valence-corrected chi connectivity index (χ3v) is 2.96. The number of hydrogen-bond donors (Lipinski definition) is 1. The first-order valence-electron chi connectivity index (χ1n) is 4.37. The Morgan fingerprint density at radius 2 is 2.31 bits per heavy atom. The van der Waals surface area contributed by atoms with Gasteiger partial charge in [0.2, 0.25) is 0 Å². The lowest BCUT2D eigenvalue weighted by Crippen LogP contribution is -1.96. The molecule has 0 bridgehead atoms. The van der Waals surface area contributed by atoms with Gasteiger partial charge in [-0.25, -0.2) is 4.98 Å². The minimum Gasteiger partial charge on any atom is -0.365 e. The molecule has 0 saturated heterocycles. The highest BCUT2D eigenvalue weighted by Gasteiger charge is 2.13. The summed E-state index contributed by atoms with van der Waals surface area (Å²) in [6.45, 7) is 3.88. The Hall–Kier alpha value is -0.900. The lowest BCUT2D eigenvalue weighted by Gasteiger charge is -1.93. The fraction of sp³-hybridized carbons (Fsp3) is 0.556. The van der Waals surface area contributed by atoms with Crippen molar-refractivity contribution in [3.05, 3.63) is 10.6 Å². The van der Waals surface area contributed by atoms with Crippen molar-refractivity contribution in [2.24, 2.45) is 0 Å². The number of thiazole rings is 1. The Kier molecular flexibility index (Phi) is 3.42. The fourth-order valence-corrected chi connectivity index (χ4v) is 1.99. The highest BCUT2D eigenvalue weighted by Crippen LogP contribution is 2.23. The molecule has 3 nitrogen and oxygen atoms in total. The Balaban J connectivity index is 2.87. The number of nitrogens with one attached hydrogen (secondary N) is 1. The number of Topliss-reactive ketones (excluding diaryl/α,β-unsaturated/α-hetero) is 1. The van der Waals surface area contributed by atoms with E-state index in [1.54, 1.807) is 0 Å². The first-order valence-corrected chi connectivity index (χ1v) is 5.19. The first kappa shape index (κ1) is 10.2. The number of hydrogen-bond acceptors (Lipinski definition) is 4. The van der Waals surface area contributed by atoms with Gasteiger partial charge in [0.15, 0.2) is 10.9 Å². The topological polar surface area (TPSA) is 42.0 Å². The van der Waals surface area contributed by atoms with Crippen LogP contribution in [-0.2, 0) is 0 Å². The average molecular weight is 198 g/mol. The molecule has 0 fully saturated rings. The third kappa shape index (κ3) is 2.28. The van der Waals surface area contributed by atoms with Crippen LogP contribution in [0, 0.1) is 6.92 Å². The van der Waals surface area contributed by atoms with Crippen LogP contribution in [-0.4, -0.2) is 17.8 Å². The molecule has 0 aliphatic rings. The Morgan fingerprint density at radius 3 is 2.77 bits per heavy atom. The molecule has 1 rings (SSSR count). The second-order valence-corrected chi connectivity index (χ2v) is 3.86. The smallest absolute Gasteiger partial charge is 0.183 e. The van der Waals surface area contributed by atoms with Crippen LogP contribution in [0.1, 0.15) is 35.1 Å². The van der Waals surface area contributed by atoms with Crippen molar-refractivity contribution < 1.29 is 4.79 Å². The molecule has 0 amide bonds. The molecule has 0 saturated carbocycles. The normalized spacial score (nSPS) is 10.1. The van der Waals surface area contributed by atoms with Gasteiger partial charge in [0, 0.05) is 13.5 Å². The van der Waals surface area contributed by atoms with Crippen molar-refractivity contribution in [2.75, 3.05) is 12.4 Å². The predicted molar refractivity (Wildman–Crippen MR) is 55.6 cm³/mol. The number of carbonyl (C=O) groups excluding carboxylic acids is 1. The first-order chi connectivity index (χ1) is 6.19. The molecule has 0 aliphatic heterocycles. The van der Waals surface area contributed by atoms with Gasteiger partial charge in [-0.05, 0) is 13.3 Å². The van der Waals surface area contributed by atoms with E-state index >= 15 is 0 Å². The van der Waals surface area contributed by atoms with Crippen molar-refractivity contribution >= 4 is 22.3 Å². The van der Waals surface area contributed by atoms with E-state index < -0.39 is 0 Å². The Bertz CT molecular complexity index is 307. The van der Waals surface area contributed by atoms with Gasteiger partial charge < -0.3 is 5.32 Å². The molecular formula is C9H14N2OS. The molecule has 0 aliphatic carbocycles. The maximum atomic E-state index is 11.5. The quantitative estimate of drug-likeness (QED) is 0.756. The van der Waals surface area contributed by atoms with E-state index in [0.717, 1.165) is 22.1 Å². The van der Waals surface area contributed by atoms with Crippen molar-refractivity contribution in [1.29, 1.82) is 0 Å². The zero-order chi connectivity index (χ0) is 9.84. The van der Waals surface area contributed by atoms with Gasteiger partial charge in [0.05, 0.1) is 10.6 Å². The molecule has 1 heterocycles. The van der Waals surface area contributed by atoms with Crippen LogP contribution in [0.3, 0.4) is 0 Å². The van der Waals surface area contributed by atoms with Crippen LogP contribution < -0.4 is 5.32 Å². The summed E-state index contributed by atoms with van der Waals surface area (Å²) in [5.41, 5.74) is 0.841. The summed E-state index contributed by atoms with van der Waals surface area (Å²) in [4.78, 5) is 16.6. The highest BCUT2D eigenvalue weighted by molar-refractivity contribution is 7.17. The van der Waals surface area contributed by atoms with Crippen LogP contribution in [0.5, 0.6) is 0 Å². The van der Waals surface area contributed by atoms with Gasteiger partial charge in [-0.1, -0.05) is 18.3 Å². The summed E-state index contributed by atoms with van der Waals surface area (Å²) in [6.07, 6.45) is 1.51. The summed E-state index contributed by atoms with van der Waals surface area (Å²) >= 11 is 1.44. The number of ketones is 1. The fourth-order valence-electron chi connectivity index (χ4n) is 1.10. The second-order valence-electron chi connectivity index (χ2n) is 2.86. The zero-order valence-electron chi connectivity index (χ0n) is 8.18. The second kappa shape index (κ2) is 4.37. The molecule has 0 radical (unpaired) electrons. The zero-order valence-corrected chi connectivity index (χ0v) is 8.99. The molecule has 1 N–H and O–H groups in total. The van der Waals surface area contributed by atoms with Crippen molar-refractivity contribution in [2.45, 2.75) is 26.7 Å². The molecule has 0 unspecified atom stereocenters. The summed E-state index contributed by atoms with van der Waals surface area (Å²) in [5.74, 6) is 0.207. The number of aromatic nitrogens is 1. The van der Waals surface area contributed by atoms with Crippen LogP contribution >= 0.6 is 11.3 Å². The van der Waals surface area contributed by atoms with Crippen molar-refractivity contribution in [3.63, 3.8) is 0 Å². The van der Waals surface area contributed by atoms with Gasteiger partial charge in [-0.3, -0.25) is 4.79 Å². The number of anilines is 1. The lowest BCUT2D eigenvalue weighted by atomic mass is 10.2. The van der Waals surface area contributed by atoms with E-state index in [-0.39, 0.29) is 5.78 Å². The number of aryl methyl sites for hydroxylation is 1. The van der Waals surface area contributed by atoms with Crippen LogP contribution in [0.25, 0.3) is 0 Å². The molecule has 0 atom stereocenters. The van der Waals surface area contributed by atoms with E-state index in [4.69, 9.17) is 0 Å². The van der Waals surface area contributed by atoms with Gasteiger partial charge >= 0.3 is 0 Å². The van der Waals surface area contributed by atoms with Crippen molar-refractivity contribution in [1.82, 2.24) is 4.98 Å². The number of nitrogens with zero attached hydrogens (tertiary/aromatic N) is 1. The largest absolute Gasteiger partial charge is 0.365 e. The predicted octanol–water partition coefficient (Wildman–Crippen LogP) is 2.48. The van der Waals surface area contributed by atoms with Crippen LogP contribution in [0.2, 0.25) is 0 Å². The molecule has 13 heavy (non-hydrogen) atoms. The van der Waals surface area contributed by atoms with Crippen LogP contribution in [0.4, 0.5) is 5.13 Å². The lowest BCUT2D eigenvalue weighted by molar-refractivity contribution is 0.0985. The minimum atomic E-state index is 0.207.